The van der Waals surface area contributed by atoms with E-state index in [9.17, 15) is 4.79 Å². The van der Waals surface area contributed by atoms with E-state index in [1.807, 2.05) is 20.0 Å². The molecule has 2 rings (SSSR count). The molecule has 0 saturated carbocycles. The molecule has 1 aromatic heterocycles. The summed E-state index contributed by atoms with van der Waals surface area (Å²) < 4.78 is 10.4. The minimum Gasteiger partial charge on any atom is -0.463 e. The van der Waals surface area contributed by atoms with Crippen LogP contribution in [0.4, 0.5) is 0 Å². The largest absolute Gasteiger partial charge is 0.463 e. The Morgan fingerprint density at radius 1 is 1.48 bits per heavy atom. The first-order valence-corrected chi connectivity index (χ1v) is 7.68. The van der Waals surface area contributed by atoms with Gasteiger partial charge in [-0.15, -0.1) is 0 Å². The second-order valence-electron chi connectivity index (χ2n) is 5.83. The number of likely N-dealkylation sites (tertiary alicyclic amines) is 1. The van der Waals surface area contributed by atoms with Crippen LogP contribution >= 0.6 is 0 Å². The van der Waals surface area contributed by atoms with Crippen LogP contribution in [0.5, 0.6) is 0 Å². The van der Waals surface area contributed by atoms with Crippen molar-refractivity contribution < 1.29 is 13.9 Å². The van der Waals surface area contributed by atoms with Gasteiger partial charge in [0.15, 0.2) is 0 Å². The van der Waals surface area contributed by atoms with Crippen molar-refractivity contribution in [3.8, 4) is 0 Å². The third-order valence-corrected chi connectivity index (χ3v) is 4.23. The molecule has 0 spiro atoms. The summed E-state index contributed by atoms with van der Waals surface area (Å²) in [7, 11) is 3.38. The molecule has 1 saturated heterocycles. The average Bonchev–Trinajstić information content (AvgIpc) is 2.86. The number of carbonyl (C=O) groups is 1. The minimum atomic E-state index is -0.399. The predicted molar refractivity (Wildman–Crippen MR) is 81.3 cm³/mol. The molecule has 0 unspecified atom stereocenters. The van der Waals surface area contributed by atoms with E-state index < -0.39 is 5.97 Å². The fourth-order valence-electron chi connectivity index (χ4n) is 2.92. The molecule has 1 fully saturated rings. The number of piperidine rings is 1. The topological polar surface area (TPSA) is 54.7 Å². The van der Waals surface area contributed by atoms with Gasteiger partial charge in [-0.2, -0.15) is 0 Å². The zero-order chi connectivity index (χ0) is 15.2. The lowest BCUT2D eigenvalue weighted by atomic mass is 9.93. The van der Waals surface area contributed by atoms with Crippen LogP contribution in [-0.2, 0) is 11.3 Å². The summed E-state index contributed by atoms with van der Waals surface area (Å²) in [5.74, 6) is 1.61. The number of aryl methyl sites for hydroxylation is 1. The highest BCUT2D eigenvalue weighted by Gasteiger charge is 2.21. The summed E-state index contributed by atoms with van der Waals surface area (Å²) in [4.78, 5) is 13.9. The molecular formula is C16H26N2O3. The van der Waals surface area contributed by atoms with Crippen molar-refractivity contribution in [2.24, 2.45) is 5.92 Å². The number of ether oxygens (including phenoxy) is 1. The second kappa shape index (κ2) is 7.61. The van der Waals surface area contributed by atoms with Crippen LogP contribution in [0.2, 0.25) is 0 Å². The molecule has 118 valence electrons. The summed E-state index contributed by atoms with van der Waals surface area (Å²) in [6.07, 6.45) is 3.74. The highest BCUT2D eigenvalue weighted by molar-refractivity contribution is 5.87. The van der Waals surface area contributed by atoms with Gasteiger partial charge in [0.2, 0.25) is 5.76 Å². The molecule has 0 amide bonds. The van der Waals surface area contributed by atoms with E-state index >= 15 is 0 Å². The Hall–Kier alpha value is -1.33. The van der Waals surface area contributed by atoms with E-state index in [4.69, 9.17) is 9.15 Å². The molecule has 1 N–H and O–H groups in total. The fourth-order valence-corrected chi connectivity index (χ4v) is 2.92. The van der Waals surface area contributed by atoms with E-state index in [0.29, 0.717) is 5.76 Å². The zero-order valence-electron chi connectivity index (χ0n) is 13.3. The van der Waals surface area contributed by atoms with Crippen LogP contribution in [0.3, 0.4) is 0 Å². The lowest BCUT2D eigenvalue weighted by Gasteiger charge is -2.31. The number of nitrogens with zero attached hydrogens (tertiary/aromatic N) is 1. The molecule has 1 aromatic rings. The Morgan fingerprint density at radius 2 is 2.19 bits per heavy atom. The summed E-state index contributed by atoms with van der Waals surface area (Å²) in [5.41, 5.74) is 0.848. The quantitative estimate of drug-likeness (QED) is 0.815. The lowest BCUT2D eigenvalue weighted by molar-refractivity contribution is 0.0559. The van der Waals surface area contributed by atoms with Crippen molar-refractivity contribution in [2.45, 2.75) is 32.7 Å². The number of furan rings is 1. The van der Waals surface area contributed by atoms with Gasteiger partial charge < -0.3 is 14.5 Å². The Kier molecular flexibility index (Phi) is 5.82. The van der Waals surface area contributed by atoms with Gasteiger partial charge >= 0.3 is 5.97 Å². The molecule has 5 heteroatoms. The highest BCUT2D eigenvalue weighted by atomic mass is 16.5. The fraction of sp³-hybridized carbons (Fsp3) is 0.688. The van der Waals surface area contributed by atoms with E-state index in [0.717, 1.165) is 43.4 Å². The Bertz CT molecular complexity index is 462. The van der Waals surface area contributed by atoms with Crippen LogP contribution < -0.4 is 5.32 Å². The third-order valence-electron chi connectivity index (χ3n) is 4.23. The van der Waals surface area contributed by atoms with Crippen molar-refractivity contribution in [1.82, 2.24) is 10.2 Å². The third kappa shape index (κ3) is 4.32. The number of hydrogen-bond acceptors (Lipinski definition) is 5. The van der Waals surface area contributed by atoms with Gasteiger partial charge in [0.1, 0.15) is 5.76 Å². The predicted octanol–water partition coefficient (Wildman–Crippen LogP) is 2.20. The van der Waals surface area contributed by atoms with Crippen LogP contribution in [0, 0.1) is 12.8 Å². The van der Waals surface area contributed by atoms with Crippen molar-refractivity contribution in [2.75, 3.05) is 33.8 Å². The lowest BCUT2D eigenvalue weighted by Crippen LogP contribution is -2.33. The maximum atomic E-state index is 11.5. The van der Waals surface area contributed by atoms with Gasteiger partial charge in [-0.05, 0) is 64.9 Å². The van der Waals surface area contributed by atoms with Gasteiger partial charge in [0.25, 0.3) is 0 Å². The number of carbonyl (C=O) groups excluding carboxylic acids is 1. The first-order valence-electron chi connectivity index (χ1n) is 7.68. The molecule has 0 bridgehead atoms. The normalized spacial score (nSPS) is 17.1. The molecule has 0 aromatic carbocycles. The second-order valence-corrected chi connectivity index (χ2v) is 5.83. The SMILES string of the molecule is CNCCC1CCN(Cc2cc(C)c(C(=O)OC)o2)CC1. The minimum absolute atomic E-state index is 0.330. The van der Waals surface area contributed by atoms with Crippen LogP contribution in [-0.4, -0.2) is 44.7 Å². The number of nitrogens with one attached hydrogen (secondary N) is 1. The Balaban J connectivity index is 1.85. The molecule has 5 nitrogen and oxygen atoms in total. The highest BCUT2D eigenvalue weighted by Crippen LogP contribution is 2.23. The van der Waals surface area contributed by atoms with Gasteiger partial charge in [0.05, 0.1) is 13.7 Å². The Morgan fingerprint density at radius 3 is 2.81 bits per heavy atom. The monoisotopic (exact) mass is 294 g/mol. The number of hydrogen-bond donors (Lipinski definition) is 1. The number of methoxy groups -OCH3 is 1. The molecule has 0 radical (unpaired) electrons. The van der Waals surface area contributed by atoms with Crippen molar-refractivity contribution in [1.29, 1.82) is 0 Å². The van der Waals surface area contributed by atoms with Crippen molar-refractivity contribution in [3.63, 3.8) is 0 Å². The molecule has 21 heavy (non-hydrogen) atoms. The molecular weight excluding hydrogens is 268 g/mol. The maximum absolute atomic E-state index is 11.5. The molecule has 1 aliphatic heterocycles. The molecule has 2 heterocycles. The van der Waals surface area contributed by atoms with Gasteiger partial charge in [-0.1, -0.05) is 0 Å². The molecule has 1 aliphatic rings. The molecule has 0 atom stereocenters. The van der Waals surface area contributed by atoms with Crippen LogP contribution in [0.1, 0.15) is 41.1 Å². The number of rotatable bonds is 6. The summed E-state index contributed by atoms with van der Waals surface area (Å²) in [5, 5.41) is 3.22. The van der Waals surface area contributed by atoms with Gasteiger partial charge in [0, 0.05) is 5.56 Å². The van der Waals surface area contributed by atoms with Crippen molar-refractivity contribution >= 4 is 5.97 Å². The smallest absolute Gasteiger partial charge is 0.374 e. The van der Waals surface area contributed by atoms with E-state index in [-0.39, 0.29) is 0 Å². The average molecular weight is 294 g/mol. The van der Waals surface area contributed by atoms with Crippen LogP contribution in [0.25, 0.3) is 0 Å². The van der Waals surface area contributed by atoms with E-state index in [1.54, 1.807) is 0 Å². The van der Waals surface area contributed by atoms with E-state index in [2.05, 4.69) is 10.2 Å². The van der Waals surface area contributed by atoms with E-state index in [1.165, 1.54) is 26.4 Å². The van der Waals surface area contributed by atoms with Crippen molar-refractivity contribution in [3.05, 3.63) is 23.2 Å². The standard InChI is InChI=1S/C16H26N2O3/c1-12-10-14(21-15(12)16(19)20-3)11-18-8-5-13(6-9-18)4-7-17-2/h10,13,17H,4-9,11H2,1-3H3. The molecule has 0 aliphatic carbocycles. The first kappa shape index (κ1) is 16.0. The summed E-state index contributed by atoms with van der Waals surface area (Å²) in [6.45, 7) is 5.95. The number of esters is 1. The van der Waals surface area contributed by atoms with Gasteiger partial charge in [-0.3, -0.25) is 4.90 Å². The first-order chi connectivity index (χ1) is 10.1. The van der Waals surface area contributed by atoms with Gasteiger partial charge in [-0.25, -0.2) is 4.79 Å². The summed E-state index contributed by atoms with van der Waals surface area (Å²) in [6, 6.07) is 1.94. The Labute approximate surface area is 126 Å². The van der Waals surface area contributed by atoms with Crippen LogP contribution in [0.15, 0.2) is 10.5 Å². The maximum Gasteiger partial charge on any atom is 0.374 e. The summed E-state index contributed by atoms with van der Waals surface area (Å²) >= 11 is 0. The zero-order valence-corrected chi connectivity index (χ0v) is 13.3.